The number of aliphatic imine (C=N–C) groups is 1. The number of nitrogens with zero attached hydrogens (tertiary/aromatic N) is 3. The highest BCUT2D eigenvalue weighted by Crippen LogP contribution is 2.17. The van der Waals surface area contributed by atoms with Gasteiger partial charge < -0.3 is 9.32 Å². The first-order valence-electron chi connectivity index (χ1n) is 5.35. The van der Waals surface area contributed by atoms with E-state index in [1.807, 2.05) is 0 Å². The lowest BCUT2D eigenvalue weighted by Gasteiger charge is -2.13. The summed E-state index contributed by atoms with van der Waals surface area (Å²) >= 11 is 5.88. The van der Waals surface area contributed by atoms with Gasteiger partial charge in [0, 0.05) is 13.1 Å². The summed E-state index contributed by atoms with van der Waals surface area (Å²) in [6.07, 6.45) is 2.01. The molecule has 2 rings (SSSR count). The molecule has 0 atom stereocenters. The molecule has 18 heavy (non-hydrogen) atoms. The van der Waals surface area contributed by atoms with Gasteiger partial charge in [0.2, 0.25) is 11.1 Å². The average Bonchev–Trinajstić information content (AvgIpc) is 3.00. The Hall–Kier alpha value is -1.89. The predicted octanol–water partition coefficient (Wildman–Crippen LogP) is 2.02. The molecule has 1 fully saturated rings. The summed E-state index contributed by atoms with van der Waals surface area (Å²) in [5.41, 5.74) is 0. The van der Waals surface area contributed by atoms with Gasteiger partial charge in [-0.1, -0.05) is 0 Å². The van der Waals surface area contributed by atoms with Crippen LogP contribution in [0, 0.1) is 10.1 Å². The van der Waals surface area contributed by atoms with E-state index in [1.54, 1.807) is 4.90 Å². The maximum atomic E-state index is 11.6. The van der Waals surface area contributed by atoms with E-state index in [-0.39, 0.29) is 11.1 Å². The molecule has 0 radical (unpaired) electrons. The summed E-state index contributed by atoms with van der Waals surface area (Å²) in [5, 5.41) is 10.5. The lowest BCUT2D eigenvalue weighted by atomic mass is 10.4. The van der Waals surface area contributed by atoms with Gasteiger partial charge in [-0.05, 0) is 30.5 Å². The van der Waals surface area contributed by atoms with Crippen molar-refractivity contribution in [1.82, 2.24) is 4.90 Å². The second kappa shape index (κ2) is 5.18. The van der Waals surface area contributed by atoms with Crippen LogP contribution in [0.2, 0.25) is 0 Å². The number of amides is 1. The van der Waals surface area contributed by atoms with Crippen molar-refractivity contribution >= 4 is 28.7 Å². The van der Waals surface area contributed by atoms with Crippen molar-refractivity contribution in [3.05, 3.63) is 28.0 Å². The summed E-state index contributed by atoms with van der Waals surface area (Å²) in [6.45, 7) is 1.52. The number of carbonyl (C=O) groups is 1. The number of nitro groups is 1. The van der Waals surface area contributed by atoms with Gasteiger partial charge >= 0.3 is 11.8 Å². The number of likely N-dealkylation sites (tertiary alicyclic amines) is 1. The third-order valence-electron chi connectivity index (χ3n) is 2.54. The molecule has 0 aliphatic carbocycles. The van der Waals surface area contributed by atoms with Gasteiger partial charge in [-0.25, -0.2) is 0 Å². The number of halogens is 1. The second-order valence-corrected chi connectivity index (χ2v) is 4.11. The van der Waals surface area contributed by atoms with Gasteiger partial charge in [0.1, 0.15) is 4.92 Å². The Morgan fingerprint density at radius 3 is 2.67 bits per heavy atom. The zero-order chi connectivity index (χ0) is 13.1. The van der Waals surface area contributed by atoms with E-state index in [1.165, 1.54) is 6.07 Å². The van der Waals surface area contributed by atoms with Crippen LogP contribution in [-0.4, -0.2) is 34.1 Å². The Morgan fingerprint density at radius 2 is 2.11 bits per heavy atom. The smallest absolute Gasteiger partial charge is 0.395 e. The summed E-state index contributed by atoms with van der Waals surface area (Å²) in [5.74, 6) is -1.41. The maximum absolute atomic E-state index is 11.6. The van der Waals surface area contributed by atoms with Crippen molar-refractivity contribution in [2.45, 2.75) is 12.8 Å². The van der Waals surface area contributed by atoms with Crippen molar-refractivity contribution in [3.63, 3.8) is 0 Å². The van der Waals surface area contributed by atoms with Gasteiger partial charge in [-0.2, -0.15) is 4.99 Å². The van der Waals surface area contributed by atoms with Gasteiger partial charge in [0.25, 0.3) is 0 Å². The Balaban J connectivity index is 2.10. The molecule has 96 valence electrons. The lowest BCUT2D eigenvalue weighted by molar-refractivity contribution is -0.402. The number of hydrogen-bond donors (Lipinski definition) is 0. The quantitative estimate of drug-likeness (QED) is 0.270. The van der Waals surface area contributed by atoms with Crippen molar-refractivity contribution in [1.29, 1.82) is 0 Å². The summed E-state index contributed by atoms with van der Waals surface area (Å²) in [6, 6.07) is 2.31. The molecule has 0 saturated carbocycles. The van der Waals surface area contributed by atoms with Crippen LogP contribution in [0.3, 0.4) is 0 Å². The highest BCUT2D eigenvalue weighted by atomic mass is 35.5. The molecule has 8 heteroatoms. The molecule has 1 amide bonds. The topological polar surface area (TPSA) is 89.0 Å². The molecular weight excluding hydrogens is 262 g/mol. The Labute approximate surface area is 107 Å². The fourth-order valence-electron chi connectivity index (χ4n) is 1.65. The summed E-state index contributed by atoms with van der Waals surface area (Å²) < 4.78 is 4.74. The minimum absolute atomic E-state index is 0.0940. The Morgan fingerprint density at radius 1 is 1.44 bits per heavy atom. The number of carbonyl (C=O) groups excluding carboxylic acids is 1. The number of hydrogen-bond acceptors (Lipinski definition) is 4. The minimum atomic E-state index is -0.722. The van der Waals surface area contributed by atoms with Crippen LogP contribution in [0.25, 0.3) is 0 Å². The fourth-order valence-corrected chi connectivity index (χ4v) is 1.90. The molecular formula is C10H10ClN3O4. The first-order chi connectivity index (χ1) is 8.58. The largest absolute Gasteiger partial charge is 0.433 e. The zero-order valence-corrected chi connectivity index (χ0v) is 10.1. The van der Waals surface area contributed by atoms with Gasteiger partial charge in [0.05, 0.1) is 6.07 Å². The zero-order valence-electron chi connectivity index (χ0n) is 9.34. The van der Waals surface area contributed by atoms with Crippen molar-refractivity contribution in [2.75, 3.05) is 13.1 Å². The van der Waals surface area contributed by atoms with Crippen LogP contribution in [0.5, 0.6) is 0 Å². The van der Waals surface area contributed by atoms with Crippen molar-refractivity contribution in [2.24, 2.45) is 4.99 Å². The maximum Gasteiger partial charge on any atom is 0.433 e. The third kappa shape index (κ3) is 2.67. The first kappa shape index (κ1) is 12.6. The standard InChI is InChI=1S/C10H10ClN3O4/c11-10(13-5-1-2-6-13)12-9(15)7-3-4-8(18-7)14(16)17/h3-4H,1-2,5-6H2. The monoisotopic (exact) mass is 271 g/mol. The van der Waals surface area contributed by atoms with E-state index in [2.05, 4.69) is 4.99 Å². The molecule has 1 aromatic heterocycles. The van der Waals surface area contributed by atoms with Gasteiger partial charge in [-0.3, -0.25) is 14.9 Å². The van der Waals surface area contributed by atoms with E-state index in [9.17, 15) is 14.9 Å². The van der Waals surface area contributed by atoms with Crippen LogP contribution in [0.1, 0.15) is 23.4 Å². The SMILES string of the molecule is O=C(N=C(Cl)N1CCCC1)c1ccc([N+](=O)[O-])o1. The molecule has 7 nitrogen and oxygen atoms in total. The molecule has 1 aromatic rings. The highest BCUT2D eigenvalue weighted by Gasteiger charge is 2.20. The van der Waals surface area contributed by atoms with Crippen LogP contribution >= 0.6 is 11.6 Å². The third-order valence-corrected chi connectivity index (χ3v) is 2.87. The second-order valence-electron chi connectivity index (χ2n) is 3.78. The van der Waals surface area contributed by atoms with E-state index in [0.29, 0.717) is 0 Å². The van der Waals surface area contributed by atoms with Gasteiger partial charge in [-0.15, -0.1) is 0 Å². The van der Waals surface area contributed by atoms with Gasteiger partial charge in [0.15, 0.2) is 0 Å². The molecule has 0 spiro atoms. The van der Waals surface area contributed by atoms with Crippen LogP contribution < -0.4 is 0 Å². The predicted molar refractivity (Wildman–Crippen MR) is 63.8 cm³/mol. The van der Waals surface area contributed by atoms with Crippen LogP contribution in [-0.2, 0) is 0 Å². The fraction of sp³-hybridized carbons (Fsp3) is 0.400. The highest BCUT2D eigenvalue weighted by molar-refractivity contribution is 6.65. The average molecular weight is 272 g/mol. The van der Waals surface area contributed by atoms with E-state index >= 15 is 0 Å². The van der Waals surface area contributed by atoms with E-state index < -0.39 is 16.7 Å². The molecule has 0 unspecified atom stereocenters. The molecule has 0 aromatic carbocycles. The molecule has 1 saturated heterocycles. The first-order valence-corrected chi connectivity index (χ1v) is 5.73. The Kier molecular flexibility index (Phi) is 3.61. The molecule has 1 aliphatic rings. The molecule has 0 N–H and O–H groups in total. The number of furan rings is 1. The van der Waals surface area contributed by atoms with Crippen LogP contribution in [0.4, 0.5) is 5.88 Å². The minimum Gasteiger partial charge on any atom is -0.395 e. The molecule has 0 bridgehead atoms. The van der Waals surface area contributed by atoms with Crippen molar-refractivity contribution < 1.29 is 14.1 Å². The van der Waals surface area contributed by atoms with Crippen molar-refractivity contribution in [3.8, 4) is 0 Å². The van der Waals surface area contributed by atoms with E-state index in [0.717, 1.165) is 32.0 Å². The number of rotatable bonds is 2. The molecule has 1 aliphatic heterocycles. The number of amidine groups is 1. The summed E-state index contributed by atoms with van der Waals surface area (Å²) in [7, 11) is 0. The Bertz CT molecular complexity index is 505. The lowest BCUT2D eigenvalue weighted by Crippen LogP contribution is -2.24. The van der Waals surface area contributed by atoms with E-state index in [4.69, 9.17) is 16.0 Å². The van der Waals surface area contributed by atoms with Crippen LogP contribution in [0.15, 0.2) is 21.5 Å². The normalized spacial score (nSPS) is 16.1. The summed E-state index contributed by atoms with van der Waals surface area (Å²) in [4.78, 5) is 26.7. The molecule has 2 heterocycles.